The molecule has 0 amide bonds. The fourth-order valence-corrected chi connectivity index (χ4v) is 1.43. The van der Waals surface area contributed by atoms with Crippen LogP contribution in [0.4, 0.5) is 0 Å². The van der Waals surface area contributed by atoms with Crippen LogP contribution in [0.25, 0.3) is 5.82 Å². The van der Waals surface area contributed by atoms with Gasteiger partial charge in [-0.15, -0.1) is 0 Å². The van der Waals surface area contributed by atoms with Crippen LogP contribution in [0.2, 0.25) is 5.15 Å². The van der Waals surface area contributed by atoms with Crippen molar-refractivity contribution in [1.82, 2.24) is 19.6 Å². The van der Waals surface area contributed by atoms with Crippen molar-refractivity contribution in [3.8, 4) is 5.82 Å². The number of hydrogen-bond acceptors (Lipinski definition) is 3. The molecule has 0 fully saturated rings. The molecule has 2 aromatic heterocycles. The van der Waals surface area contributed by atoms with E-state index in [9.17, 15) is 4.79 Å². The molecule has 2 aromatic rings. The van der Waals surface area contributed by atoms with E-state index in [1.165, 1.54) is 10.7 Å². The number of hydrogen-bond donors (Lipinski definition) is 0. The zero-order valence-electron chi connectivity index (χ0n) is 8.31. The largest absolute Gasteiger partial charge is 0.286 e. The van der Waals surface area contributed by atoms with Gasteiger partial charge in [-0.05, 0) is 13.0 Å². The summed E-state index contributed by atoms with van der Waals surface area (Å²) in [5.41, 5.74) is 0.565. The molecule has 0 saturated carbocycles. The Morgan fingerprint density at radius 1 is 1.40 bits per heavy atom. The van der Waals surface area contributed by atoms with Crippen LogP contribution in [0, 0.1) is 6.92 Å². The first-order valence-electron chi connectivity index (χ1n) is 4.34. The molecule has 0 bridgehead atoms. The van der Waals surface area contributed by atoms with Gasteiger partial charge in [-0.2, -0.15) is 10.2 Å². The Bertz CT molecular complexity index is 557. The van der Waals surface area contributed by atoms with Gasteiger partial charge in [0.15, 0.2) is 11.0 Å². The first-order valence-corrected chi connectivity index (χ1v) is 4.72. The Morgan fingerprint density at radius 3 is 2.73 bits per heavy atom. The van der Waals surface area contributed by atoms with Crippen LogP contribution in [-0.2, 0) is 7.05 Å². The molecule has 78 valence electrons. The summed E-state index contributed by atoms with van der Waals surface area (Å²) in [4.78, 5) is 11.3. The summed E-state index contributed by atoms with van der Waals surface area (Å²) < 4.78 is 3.09. The standard InChI is InChI=1S/C9H9ClN4O/c1-6-3-4-14(11-6)8-5-7(15)9(10)12-13(8)2/h3-5H,1-2H3. The lowest BCUT2D eigenvalue weighted by Crippen LogP contribution is -2.16. The molecule has 0 aliphatic heterocycles. The van der Waals surface area contributed by atoms with Gasteiger partial charge in [-0.1, -0.05) is 11.6 Å². The summed E-state index contributed by atoms with van der Waals surface area (Å²) in [6.07, 6.45) is 1.76. The van der Waals surface area contributed by atoms with E-state index < -0.39 is 0 Å². The second kappa shape index (κ2) is 3.51. The van der Waals surface area contributed by atoms with E-state index in [0.29, 0.717) is 5.82 Å². The van der Waals surface area contributed by atoms with Crippen LogP contribution in [0.1, 0.15) is 5.69 Å². The molecule has 15 heavy (non-hydrogen) atoms. The minimum absolute atomic E-state index is 0.0369. The Hall–Kier alpha value is -1.62. The fraction of sp³-hybridized carbons (Fsp3) is 0.222. The van der Waals surface area contributed by atoms with Crippen LogP contribution in [-0.4, -0.2) is 19.6 Å². The van der Waals surface area contributed by atoms with E-state index in [1.807, 2.05) is 13.0 Å². The lowest BCUT2D eigenvalue weighted by molar-refractivity contribution is 0.666. The van der Waals surface area contributed by atoms with Crippen molar-refractivity contribution in [3.63, 3.8) is 0 Å². The molecule has 0 N–H and O–H groups in total. The van der Waals surface area contributed by atoms with Crippen molar-refractivity contribution < 1.29 is 0 Å². The lowest BCUT2D eigenvalue weighted by atomic mass is 10.5. The van der Waals surface area contributed by atoms with Crippen molar-refractivity contribution in [3.05, 3.63) is 39.4 Å². The quantitative estimate of drug-likeness (QED) is 0.724. The minimum Gasteiger partial charge on any atom is -0.286 e. The van der Waals surface area contributed by atoms with Crippen LogP contribution < -0.4 is 5.43 Å². The zero-order valence-corrected chi connectivity index (χ0v) is 9.06. The van der Waals surface area contributed by atoms with E-state index in [2.05, 4.69) is 10.2 Å². The van der Waals surface area contributed by atoms with E-state index in [4.69, 9.17) is 11.6 Å². The summed E-state index contributed by atoms with van der Waals surface area (Å²) in [5.74, 6) is 0.581. The van der Waals surface area contributed by atoms with Gasteiger partial charge in [0.05, 0.1) is 5.69 Å². The molecule has 2 heterocycles. The van der Waals surface area contributed by atoms with Gasteiger partial charge in [0.1, 0.15) is 0 Å². The normalized spacial score (nSPS) is 10.6. The van der Waals surface area contributed by atoms with Crippen LogP contribution in [0.5, 0.6) is 0 Å². The van der Waals surface area contributed by atoms with Gasteiger partial charge in [0.2, 0.25) is 5.43 Å². The number of nitrogens with zero attached hydrogens (tertiary/aromatic N) is 4. The Balaban J connectivity index is 2.63. The minimum atomic E-state index is -0.307. The summed E-state index contributed by atoms with van der Waals surface area (Å²) in [5, 5.41) is 8.02. The maximum Gasteiger partial charge on any atom is 0.221 e. The van der Waals surface area contributed by atoms with Crippen molar-refractivity contribution >= 4 is 11.6 Å². The highest BCUT2D eigenvalue weighted by atomic mass is 35.5. The van der Waals surface area contributed by atoms with Crippen molar-refractivity contribution in [2.75, 3.05) is 0 Å². The Labute approximate surface area is 90.9 Å². The first kappa shape index (κ1) is 9.92. The molecular weight excluding hydrogens is 216 g/mol. The maximum absolute atomic E-state index is 11.3. The number of rotatable bonds is 1. The summed E-state index contributed by atoms with van der Waals surface area (Å²) in [7, 11) is 1.71. The first-order chi connectivity index (χ1) is 7.08. The summed E-state index contributed by atoms with van der Waals surface area (Å²) >= 11 is 5.60. The van der Waals surface area contributed by atoms with E-state index in [1.54, 1.807) is 17.9 Å². The third kappa shape index (κ3) is 1.78. The predicted molar refractivity (Wildman–Crippen MR) is 56.3 cm³/mol. The molecule has 0 atom stereocenters. The van der Waals surface area contributed by atoms with Crippen LogP contribution >= 0.6 is 11.6 Å². The second-order valence-corrected chi connectivity index (χ2v) is 3.54. The average molecular weight is 225 g/mol. The van der Waals surface area contributed by atoms with Gasteiger partial charge in [0.25, 0.3) is 0 Å². The van der Waals surface area contributed by atoms with Crippen LogP contribution in [0.3, 0.4) is 0 Å². The number of halogens is 1. The third-order valence-corrected chi connectivity index (χ3v) is 2.25. The number of aromatic nitrogens is 4. The summed E-state index contributed by atoms with van der Waals surface area (Å²) in [6, 6.07) is 3.25. The van der Waals surface area contributed by atoms with Crippen LogP contribution in [0.15, 0.2) is 23.1 Å². The average Bonchev–Trinajstić information content (AvgIpc) is 2.58. The lowest BCUT2D eigenvalue weighted by Gasteiger charge is -2.06. The topological polar surface area (TPSA) is 52.7 Å². The molecule has 2 rings (SSSR count). The molecule has 0 aromatic carbocycles. The second-order valence-electron chi connectivity index (χ2n) is 3.18. The molecule has 0 aliphatic carbocycles. The molecular formula is C9H9ClN4O. The monoisotopic (exact) mass is 224 g/mol. The van der Waals surface area contributed by atoms with Crippen molar-refractivity contribution in [2.45, 2.75) is 6.92 Å². The molecule has 0 spiro atoms. The van der Waals surface area contributed by atoms with Gasteiger partial charge >= 0.3 is 0 Å². The van der Waals surface area contributed by atoms with Gasteiger partial charge in [-0.3, -0.25) is 4.79 Å². The highest BCUT2D eigenvalue weighted by Crippen LogP contribution is 2.05. The molecule has 0 aliphatic rings. The SMILES string of the molecule is Cc1ccn(-c2cc(=O)c(Cl)nn2C)n1. The van der Waals surface area contributed by atoms with Gasteiger partial charge < -0.3 is 0 Å². The third-order valence-electron chi connectivity index (χ3n) is 1.99. The summed E-state index contributed by atoms with van der Waals surface area (Å²) in [6.45, 7) is 1.87. The molecule has 5 nitrogen and oxygen atoms in total. The molecule has 0 saturated heterocycles. The molecule has 0 unspecified atom stereocenters. The smallest absolute Gasteiger partial charge is 0.221 e. The van der Waals surface area contributed by atoms with E-state index in [-0.39, 0.29) is 10.6 Å². The zero-order chi connectivity index (χ0) is 11.0. The van der Waals surface area contributed by atoms with E-state index >= 15 is 0 Å². The van der Waals surface area contributed by atoms with Crippen molar-refractivity contribution in [1.29, 1.82) is 0 Å². The van der Waals surface area contributed by atoms with Gasteiger partial charge in [-0.25, -0.2) is 9.36 Å². The molecule has 0 radical (unpaired) electrons. The van der Waals surface area contributed by atoms with E-state index in [0.717, 1.165) is 5.69 Å². The highest BCUT2D eigenvalue weighted by Gasteiger charge is 2.06. The fourth-order valence-electron chi connectivity index (χ4n) is 1.26. The van der Waals surface area contributed by atoms with Crippen molar-refractivity contribution in [2.24, 2.45) is 7.05 Å². The predicted octanol–water partition coefficient (Wildman–Crippen LogP) is 0.928. The molecule has 6 heteroatoms. The maximum atomic E-state index is 11.3. The Morgan fingerprint density at radius 2 is 2.13 bits per heavy atom. The highest BCUT2D eigenvalue weighted by molar-refractivity contribution is 6.29. The van der Waals surface area contributed by atoms with Gasteiger partial charge in [0, 0.05) is 19.3 Å². The Kier molecular flexibility index (Phi) is 2.32. The number of aryl methyl sites for hydroxylation is 2.